The van der Waals surface area contributed by atoms with E-state index in [1.54, 1.807) is 12.1 Å². The smallest absolute Gasteiger partial charge is 0.221 e. The molecule has 0 atom stereocenters. The van der Waals surface area contributed by atoms with Gasteiger partial charge in [-0.1, -0.05) is 18.3 Å². The van der Waals surface area contributed by atoms with Crippen LogP contribution in [0.5, 0.6) is 0 Å². The Kier molecular flexibility index (Phi) is 3.76. The SMILES string of the molecule is NC(=S)c1c(F)cccc1N1CCNC(=O)CC1. The number of nitrogens with one attached hydrogen (secondary N) is 1. The zero-order valence-corrected chi connectivity index (χ0v) is 10.6. The minimum atomic E-state index is -0.427. The van der Waals surface area contributed by atoms with Gasteiger partial charge in [-0.05, 0) is 12.1 Å². The first-order valence-corrected chi connectivity index (χ1v) is 6.10. The molecule has 18 heavy (non-hydrogen) atoms. The minimum Gasteiger partial charge on any atom is -0.389 e. The summed E-state index contributed by atoms with van der Waals surface area (Å²) < 4.78 is 13.8. The van der Waals surface area contributed by atoms with Crippen LogP contribution < -0.4 is 16.0 Å². The number of carbonyl (C=O) groups excluding carboxylic acids is 1. The van der Waals surface area contributed by atoms with Gasteiger partial charge < -0.3 is 16.0 Å². The van der Waals surface area contributed by atoms with Crippen LogP contribution in [0.15, 0.2) is 18.2 Å². The molecule has 0 spiro atoms. The van der Waals surface area contributed by atoms with Crippen LogP contribution >= 0.6 is 12.2 Å². The Hall–Kier alpha value is -1.69. The molecular formula is C12H14FN3OS. The summed E-state index contributed by atoms with van der Waals surface area (Å²) >= 11 is 4.89. The Labute approximate surface area is 110 Å². The molecule has 96 valence electrons. The fourth-order valence-corrected chi connectivity index (χ4v) is 2.23. The number of benzene rings is 1. The number of carbonyl (C=O) groups is 1. The lowest BCUT2D eigenvalue weighted by molar-refractivity contribution is -0.120. The lowest BCUT2D eigenvalue weighted by Crippen LogP contribution is -2.30. The van der Waals surface area contributed by atoms with Crippen LogP contribution in [-0.4, -0.2) is 30.5 Å². The van der Waals surface area contributed by atoms with Gasteiger partial charge in [-0.3, -0.25) is 4.79 Å². The van der Waals surface area contributed by atoms with Gasteiger partial charge >= 0.3 is 0 Å². The molecule has 3 N–H and O–H groups in total. The molecule has 0 unspecified atom stereocenters. The Morgan fingerprint density at radius 3 is 2.94 bits per heavy atom. The summed E-state index contributed by atoms with van der Waals surface area (Å²) in [6, 6.07) is 4.72. The van der Waals surface area contributed by atoms with Gasteiger partial charge in [-0.2, -0.15) is 0 Å². The largest absolute Gasteiger partial charge is 0.389 e. The van der Waals surface area contributed by atoms with Gasteiger partial charge in [0.2, 0.25) is 5.91 Å². The summed E-state index contributed by atoms with van der Waals surface area (Å²) in [7, 11) is 0. The highest BCUT2D eigenvalue weighted by molar-refractivity contribution is 7.80. The number of amides is 1. The van der Waals surface area contributed by atoms with Crippen LogP contribution in [0.2, 0.25) is 0 Å². The maximum Gasteiger partial charge on any atom is 0.221 e. The molecule has 0 aromatic heterocycles. The standard InChI is InChI=1S/C12H14FN3OS/c13-8-2-1-3-9(11(8)12(14)18)16-6-4-10(17)15-5-7-16/h1-3H,4-7H2,(H2,14,18)(H,15,17). The van der Waals surface area contributed by atoms with Gasteiger partial charge in [0, 0.05) is 31.7 Å². The molecule has 1 aromatic carbocycles. The predicted octanol–water partition coefficient (Wildman–Crippen LogP) is 0.786. The molecule has 2 rings (SSSR count). The molecule has 6 heteroatoms. The molecule has 4 nitrogen and oxygen atoms in total. The van der Waals surface area contributed by atoms with Crippen LogP contribution in [0.1, 0.15) is 12.0 Å². The van der Waals surface area contributed by atoms with Crippen LogP contribution in [0.25, 0.3) is 0 Å². The van der Waals surface area contributed by atoms with E-state index < -0.39 is 5.82 Å². The second kappa shape index (κ2) is 5.30. The normalized spacial score (nSPS) is 16.1. The first kappa shape index (κ1) is 12.8. The fraction of sp³-hybridized carbons (Fsp3) is 0.333. The van der Waals surface area contributed by atoms with Crippen LogP contribution in [0.4, 0.5) is 10.1 Å². The van der Waals surface area contributed by atoms with Crippen molar-refractivity contribution in [2.45, 2.75) is 6.42 Å². The van der Waals surface area contributed by atoms with Gasteiger partial charge in [0.25, 0.3) is 0 Å². The summed E-state index contributed by atoms with van der Waals surface area (Å²) in [4.78, 5) is 13.2. The topological polar surface area (TPSA) is 58.4 Å². The lowest BCUT2D eigenvalue weighted by atomic mass is 10.1. The summed E-state index contributed by atoms with van der Waals surface area (Å²) in [5.41, 5.74) is 6.47. The Morgan fingerprint density at radius 1 is 1.44 bits per heavy atom. The van der Waals surface area contributed by atoms with E-state index in [1.165, 1.54) is 6.07 Å². The molecule has 1 aliphatic rings. The van der Waals surface area contributed by atoms with Crippen molar-refractivity contribution < 1.29 is 9.18 Å². The molecule has 1 heterocycles. The number of thiocarbonyl (C=S) groups is 1. The van der Waals surface area contributed by atoms with Crippen molar-refractivity contribution in [1.82, 2.24) is 5.32 Å². The Balaban J connectivity index is 2.35. The number of hydrogen-bond acceptors (Lipinski definition) is 3. The van der Waals surface area contributed by atoms with Crippen molar-refractivity contribution in [3.8, 4) is 0 Å². The second-order valence-corrected chi connectivity index (χ2v) is 4.53. The number of anilines is 1. The van der Waals surface area contributed by atoms with Crippen molar-refractivity contribution in [2.75, 3.05) is 24.5 Å². The van der Waals surface area contributed by atoms with E-state index in [1.807, 2.05) is 4.90 Å². The predicted molar refractivity (Wildman–Crippen MR) is 72.1 cm³/mol. The van der Waals surface area contributed by atoms with E-state index in [-0.39, 0.29) is 16.5 Å². The highest BCUT2D eigenvalue weighted by Gasteiger charge is 2.19. The molecule has 1 aliphatic heterocycles. The van der Waals surface area contributed by atoms with Crippen molar-refractivity contribution >= 4 is 28.8 Å². The van der Waals surface area contributed by atoms with E-state index in [9.17, 15) is 9.18 Å². The van der Waals surface area contributed by atoms with Crippen molar-refractivity contribution in [2.24, 2.45) is 5.73 Å². The maximum absolute atomic E-state index is 13.8. The molecular weight excluding hydrogens is 253 g/mol. The molecule has 0 saturated carbocycles. The van der Waals surface area contributed by atoms with E-state index in [0.717, 1.165) is 0 Å². The average molecular weight is 267 g/mol. The van der Waals surface area contributed by atoms with Gasteiger partial charge in [0.05, 0.1) is 5.56 Å². The number of rotatable bonds is 2. The number of nitrogens with zero attached hydrogens (tertiary/aromatic N) is 1. The zero-order chi connectivity index (χ0) is 13.1. The lowest BCUT2D eigenvalue weighted by Gasteiger charge is -2.24. The summed E-state index contributed by atoms with van der Waals surface area (Å²) in [5.74, 6) is -0.422. The van der Waals surface area contributed by atoms with Gasteiger partial charge in [0.15, 0.2) is 0 Å². The highest BCUT2D eigenvalue weighted by atomic mass is 32.1. The minimum absolute atomic E-state index is 0.00535. The number of hydrogen-bond donors (Lipinski definition) is 2. The number of nitrogens with two attached hydrogens (primary N) is 1. The van der Waals surface area contributed by atoms with E-state index in [4.69, 9.17) is 18.0 Å². The quantitative estimate of drug-likeness (QED) is 0.778. The molecule has 1 saturated heterocycles. The Bertz CT molecular complexity index is 492. The summed E-state index contributed by atoms with van der Waals surface area (Å²) in [5, 5.41) is 2.77. The first-order valence-electron chi connectivity index (χ1n) is 5.69. The second-order valence-electron chi connectivity index (χ2n) is 4.09. The van der Waals surface area contributed by atoms with E-state index >= 15 is 0 Å². The van der Waals surface area contributed by atoms with E-state index in [2.05, 4.69) is 5.32 Å². The third-order valence-corrected chi connectivity index (χ3v) is 3.10. The van der Waals surface area contributed by atoms with E-state index in [0.29, 0.717) is 31.7 Å². The molecule has 0 radical (unpaired) electrons. The zero-order valence-electron chi connectivity index (χ0n) is 9.78. The molecule has 1 aromatic rings. The molecule has 1 amide bonds. The fourth-order valence-electron chi connectivity index (χ4n) is 2.03. The summed E-state index contributed by atoms with van der Waals surface area (Å²) in [6.45, 7) is 1.68. The highest BCUT2D eigenvalue weighted by Crippen LogP contribution is 2.23. The van der Waals surface area contributed by atoms with Gasteiger partial charge in [-0.15, -0.1) is 0 Å². The molecule has 0 aliphatic carbocycles. The Morgan fingerprint density at radius 2 is 2.22 bits per heavy atom. The monoisotopic (exact) mass is 267 g/mol. The third-order valence-electron chi connectivity index (χ3n) is 2.89. The first-order chi connectivity index (χ1) is 8.59. The average Bonchev–Trinajstić information content (AvgIpc) is 2.53. The molecule has 0 bridgehead atoms. The van der Waals surface area contributed by atoms with Crippen molar-refractivity contribution in [1.29, 1.82) is 0 Å². The van der Waals surface area contributed by atoms with Crippen LogP contribution in [0, 0.1) is 5.82 Å². The molecule has 1 fully saturated rings. The van der Waals surface area contributed by atoms with Crippen LogP contribution in [-0.2, 0) is 4.79 Å². The van der Waals surface area contributed by atoms with Gasteiger partial charge in [0.1, 0.15) is 10.8 Å². The van der Waals surface area contributed by atoms with Crippen molar-refractivity contribution in [3.63, 3.8) is 0 Å². The number of halogens is 1. The van der Waals surface area contributed by atoms with Crippen molar-refractivity contribution in [3.05, 3.63) is 29.6 Å². The third kappa shape index (κ3) is 2.59. The van der Waals surface area contributed by atoms with Crippen LogP contribution in [0.3, 0.4) is 0 Å². The maximum atomic E-state index is 13.8. The van der Waals surface area contributed by atoms with Gasteiger partial charge in [-0.25, -0.2) is 4.39 Å². The summed E-state index contributed by atoms with van der Waals surface area (Å²) in [6.07, 6.45) is 0.382.